The summed E-state index contributed by atoms with van der Waals surface area (Å²) < 4.78 is 16.7. The molecule has 0 radical (unpaired) electrons. The number of nitrogens with two attached hydrogens (primary N) is 1. The van der Waals surface area contributed by atoms with Gasteiger partial charge in [-0.05, 0) is 59.3 Å². The van der Waals surface area contributed by atoms with Crippen molar-refractivity contribution < 1.29 is 23.8 Å². The van der Waals surface area contributed by atoms with E-state index in [4.69, 9.17) is 19.9 Å². The monoisotopic (exact) mass is 396 g/mol. The van der Waals surface area contributed by atoms with Gasteiger partial charge < -0.3 is 24.7 Å². The summed E-state index contributed by atoms with van der Waals surface area (Å²) >= 11 is 0. The van der Waals surface area contributed by atoms with Crippen molar-refractivity contribution in [2.45, 2.75) is 89.1 Å². The van der Waals surface area contributed by atoms with Crippen molar-refractivity contribution in [2.24, 2.45) is 11.7 Å². The minimum absolute atomic E-state index is 0.121. The average Bonchev–Trinajstić information content (AvgIpc) is 3.38. The number of hydrogen-bond acceptors (Lipinski definition) is 6. The molecule has 0 aromatic heterocycles. The largest absolute Gasteiger partial charge is 0.444 e. The van der Waals surface area contributed by atoms with Crippen molar-refractivity contribution in [3.05, 3.63) is 0 Å². The zero-order valence-corrected chi connectivity index (χ0v) is 17.8. The van der Waals surface area contributed by atoms with E-state index in [0.29, 0.717) is 31.9 Å². The maximum Gasteiger partial charge on any atom is 0.410 e. The number of Topliss-reactive ketones (excluding diaryl/α,β-unsaturated/α-hetero) is 1. The topological polar surface area (TPSA) is 91.1 Å². The number of likely N-dealkylation sites (tertiary alicyclic amines) is 1. The SMILES string of the molecule is CC(=O)CCC12CCC(CO1)C2.CC(C)(C)OC(=O)N1CC2(CN)CC1CO2. The van der Waals surface area contributed by atoms with Gasteiger partial charge in [-0.3, -0.25) is 4.90 Å². The normalized spacial score (nSPS) is 35.7. The van der Waals surface area contributed by atoms with Crippen LogP contribution in [0.25, 0.3) is 0 Å². The molecule has 1 amide bonds. The summed E-state index contributed by atoms with van der Waals surface area (Å²) in [5, 5.41) is 0. The quantitative estimate of drug-likeness (QED) is 0.785. The van der Waals surface area contributed by atoms with Crippen LogP contribution in [0.1, 0.15) is 66.2 Å². The molecule has 4 unspecified atom stereocenters. The Morgan fingerprint density at radius 1 is 1.18 bits per heavy atom. The molecule has 0 spiro atoms. The minimum atomic E-state index is -0.449. The second-order valence-corrected chi connectivity index (χ2v) is 9.97. The second kappa shape index (κ2) is 7.92. The van der Waals surface area contributed by atoms with Crippen molar-refractivity contribution >= 4 is 11.9 Å². The fourth-order valence-corrected chi connectivity index (χ4v) is 4.78. The number of fused-ring (bicyclic) bond motifs is 4. The van der Waals surface area contributed by atoms with Crippen LogP contribution in [0.4, 0.5) is 4.79 Å². The predicted octanol–water partition coefficient (Wildman–Crippen LogP) is 2.65. The molecule has 0 aromatic carbocycles. The van der Waals surface area contributed by atoms with Crippen LogP contribution in [0.2, 0.25) is 0 Å². The van der Waals surface area contributed by atoms with Crippen molar-refractivity contribution in [1.29, 1.82) is 0 Å². The second-order valence-electron chi connectivity index (χ2n) is 9.97. The Balaban J connectivity index is 0.000000167. The van der Waals surface area contributed by atoms with E-state index < -0.39 is 5.60 Å². The van der Waals surface area contributed by atoms with Crippen LogP contribution in [0.15, 0.2) is 0 Å². The minimum Gasteiger partial charge on any atom is -0.444 e. The van der Waals surface area contributed by atoms with Crippen molar-refractivity contribution in [3.8, 4) is 0 Å². The Bertz CT molecular complexity index is 594. The number of ether oxygens (including phenoxy) is 3. The Morgan fingerprint density at radius 2 is 1.89 bits per heavy atom. The molecule has 1 aliphatic carbocycles. The lowest BCUT2D eigenvalue weighted by atomic mass is 9.95. The molecular formula is C21H36N2O5. The highest BCUT2D eigenvalue weighted by Gasteiger charge is 2.52. The van der Waals surface area contributed by atoms with E-state index in [-0.39, 0.29) is 23.3 Å². The third kappa shape index (κ3) is 4.86. The van der Waals surface area contributed by atoms with Crippen LogP contribution in [-0.2, 0) is 19.0 Å². The highest BCUT2D eigenvalue weighted by Crippen LogP contribution is 2.46. The highest BCUT2D eigenvalue weighted by atomic mass is 16.6. The number of hydrogen-bond donors (Lipinski definition) is 1. The third-order valence-electron chi connectivity index (χ3n) is 6.32. The van der Waals surface area contributed by atoms with Gasteiger partial charge in [-0.25, -0.2) is 4.79 Å². The first-order valence-corrected chi connectivity index (χ1v) is 10.5. The van der Waals surface area contributed by atoms with Gasteiger partial charge in [-0.1, -0.05) is 0 Å². The summed E-state index contributed by atoms with van der Waals surface area (Å²) in [6.07, 6.45) is 5.95. The Labute approximate surface area is 168 Å². The number of nitrogens with zero attached hydrogens (tertiary/aromatic N) is 1. The van der Waals surface area contributed by atoms with Crippen LogP contribution in [0.5, 0.6) is 0 Å². The molecule has 4 fully saturated rings. The molecule has 3 heterocycles. The van der Waals surface area contributed by atoms with Gasteiger partial charge >= 0.3 is 6.09 Å². The maximum absolute atomic E-state index is 11.9. The first-order valence-electron chi connectivity index (χ1n) is 10.5. The van der Waals surface area contributed by atoms with E-state index in [1.54, 1.807) is 11.8 Å². The molecule has 4 rings (SSSR count). The number of rotatable bonds is 4. The van der Waals surface area contributed by atoms with E-state index in [0.717, 1.165) is 25.4 Å². The standard InChI is InChI=1S/C11H20N2O3.C10H16O2/c1-10(2,3)16-9(14)13-7-11(6-12)4-8(13)5-15-11;1-8(11)2-4-10-5-3-9(6-10)7-12-10/h8H,4-7,12H2,1-3H3;9H,2-7H2,1H3. The summed E-state index contributed by atoms with van der Waals surface area (Å²) in [7, 11) is 0. The maximum atomic E-state index is 11.9. The number of ketones is 1. The molecule has 7 nitrogen and oxygen atoms in total. The van der Waals surface area contributed by atoms with Gasteiger partial charge in [0.1, 0.15) is 17.0 Å². The Morgan fingerprint density at radius 3 is 2.36 bits per heavy atom. The van der Waals surface area contributed by atoms with Crippen LogP contribution in [0, 0.1) is 5.92 Å². The fourth-order valence-electron chi connectivity index (χ4n) is 4.78. The fraction of sp³-hybridized carbons (Fsp3) is 0.905. The van der Waals surface area contributed by atoms with Gasteiger partial charge in [0.05, 0.1) is 31.4 Å². The molecule has 0 aromatic rings. The number of carbonyl (C=O) groups excluding carboxylic acids is 2. The lowest BCUT2D eigenvalue weighted by Gasteiger charge is -2.33. The molecule has 160 valence electrons. The van der Waals surface area contributed by atoms with Gasteiger partial charge in [0.15, 0.2) is 0 Å². The van der Waals surface area contributed by atoms with Crippen molar-refractivity contribution in [2.75, 3.05) is 26.3 Å². The first kappa shape index (κ1) is 21.5. The van der Waals surface area contributed by atoms with Gasteiger partial charge in [-0.2, -0.15) is 0 Å². The molecule has 4 bridgehead atoms. The molecular weight excluding hydrogens is 360 g/mol. The smallest absolute Gasteiger partial charge is 0.410 e. The molecule has 1 saturated carbocycles. The molecule has 3 aliphatic heterocycles. The summed E-state index contributed by atoms with van der Waals surface area (Å²) in [5.41, 5.74) is 5.05. The zero-order valence-electron chi connectivity index (χ0n) is 17.8. The van der Waals surface area contributed by atoms with Crippen LogP contribution in [-0.4, -0.2) is 65.9 Å². The van der Waals surface area contributed by atoms with Crippen molar-refractivity contribution in [1.82, 2.24) is 4.90 Å². The van der Waals surface area contributed by atoms with E-state index in [1.807, 2.05) is 20.8 Å². The van der Waals surface area contributed by atoms with E-state index >= 15 is 0 Å². The van der Waals surface area contributed by atoms with E-state index in [9.17, 15) is 9.59 Å². The summed E-state index contributed by atoms with van der Waals surface area (Å²) in [5.74, 6) is 1.10. The predicted molar refractivity (Wildman–Crippen MR) is 105 cm³/mol. The zero-order chi connectivity index (χ0) is 20.6. The molecule has 2 N–H and O–H groups in total. The summed E-state index contributed by atoms with van der Waals surface area (Å²) in [6.45, 7) is 9.82. The summed E-state index contributed by atoms with van der Waals surface area (Å²) in [6, 6.07) is 0.137. The lowest BCUT2D eigenvalue weighted by Crippen LogP contribution is -2.49. The van der Waals surface area contributed by atoms with Crippen LogP contribution >= 0.6 is 0 Å². The van der Waals surface area contributed by atoms with Gasteiger partial charge in [-0.15, -0.1) is 0 Å². The van der Waals surface area contributed by atoms with Gasteiger partial charge in [0, 0.05) is 19.4 Å². The van der Waals surface area contributed by atoms with Gasteiger partial charge in [0.25, 0.3) is 0 Å². The molecule has 7 heteroatoms. The third-order valence-corrected chi connectivity index (χ3v) is 6.32. The molecule has 28 heavy (non-hydrogen) atoms. The Hall–Kier alpha value is -1.18. The van der Waals surface area contributed by atoms with Crippen molar-refractivity contribution in [3.63, 3.8) is 0 Å². The summed E-state index contributed by atoms with van der Waals surface area (Å²) in [4.78, 5) is 24.5. The molecule has 4 atom stereocenters. The number of amides is 1. The first-order chi connectivity index (χ1) is 13.1. The lowest BCUT2D eigenvalue weighted by molar-refractivity contribution is -0.118. The van der Waals surface area contributed by atoms with Gasteiger partial charge in [0.2, 0.25) is 0 Å². The molecule has 4 aliphatic rings. The van der Waals surface area contributed by atoms with Crippen LogP contribution < -0.4 is 5.73 Å². The molecule has 3 saturated heterocycles. The average molecular weight is 397 g/mol. The highest BCUT2D eigenvalue weighted by molar-refractivity contribution is 5.75. The number of morpholine rings is 1. The number of carbonyl (C=O) groups is 2. The van der Waals surface area contributed by atoms with E-state index in [2.05, 4.69) is 0 Å². The Kier molecular flexibility index (Phi) is 6.09. The van der Waals surface area contributed by atoms with E-state index in [1.165, 1.54) is 19.3 Å². The van der Waals surface area contributed by atoms with Crippen LogP contribution in [0.3, 0.4) is 0 Å².